The van der Waals surface area contributed by atoms with Gasteiger partial charge in [-0.1, -0.05) is 24.3 Å². The minimum Gasteiger partial charge on any atom is -0.268 e. The van der Waals surface area contributed by atoms with Crippen molar-refractivity contribution in [2.45, 2.75) is 6.18 Å². The Hall–Kier alpha value is -3.49. The molecule has 2 heterocycles. The van der Waals surface area contributed by atoms with E-state index in [9.17, 15) is 27.6 Å². The molecule has 3 rings (SSSR count). The Morgan fingerprint density at radius 3 is 1.93 bits per heavy atom. The van der Waals surface area contributed by atoms with E-state index in [1.54, 1.807) is 24.3 Å². The largest absolute Gasteiger partial charge is 0.417 e. The number of pyridine rings is 1. The molecular formula is C19H14F3N3O3. The first-order valence-electron chi connectivity index (χ1n) is 8.05. The number of amides is 4. The zero-order valence-corrected chi connectivity index (χ0v) is 14.8. The van der Waals surface area contributed by atoms with Crippen LogP contribution < -0.4 is 0 Å². The van der Waals surface area contributed by atoms with Crippen molar-refractivity contribution in [1.29, 1.82) is 0 Å². The van der Waals surface area contributed by atoms with Crippen molar-refractivity contribution in [3.8, 4) is 11.3 Å². The number of aromatic nitrogens is 1. The molecule has 0 atom stereocenters. The normalized spacial score (nSPS) is 15.3. The van der Waals surface area contributed by atoms with Gasteiger partial charge in [0, 0.05) is 25.9 Å². The molecule has 4 amide bonds. The highest BCUT2D eigenvalue weighted by Gasteiger charge is 2.37. The number of urea groups is 1. The van der Waals surface area contributed by atoms with Crippen LogP contribution in [0.1, 0.15) is 11.1 Å². The molecule has 9 heteroatoms. The Balaban J connectivity index is 1.87. The van der Waals surface area contributed by atoms with Gasteiger partial charge in [0.05, 0.1) is 11.3 Å². The maximum absolute atomic E-state index is 12.6. The lowest BCUT2D eigenvalue weighted by Crippen LogP contribution is -2.52. The second-order valence-electron chi connectivity index (χ2n) is 6.12. The van der Waals surface area contributed by atoms with Crippen LogP contribution in [0.25, 0.3) is 17.3 Å². The van der Waals surface area contributed by atoms with Gasteiger partial charge >= 0.3 is 12.2 Å². The lowest BCUT2D eigenvalue weighted by atomic mass is 10.0. The third-order valence-corrected chi connectivity index (χ3v) is 4.25. The Bertz CT molecular complexity index is 954. The van der Waals surface area contributed by atoms with Crippen LogP contribution in [-0.2, 0) is 15.8 Å². The summed E-state index contributed by atoms with van der Waals surface area (Å²) in [5.74, 6) is -1.41. The van der Waals surface area contributed by atoms with Crippen LogP contribution in [0.3, 0.4) is 0 Å². The Morgan fingerprint density at radius 2 is 1.46 bits per heavy atom. The van der Waals surface area contributed by atoms with Gasteiger partial charge in [0.2, 0.25) is 0 Å². The standard InChI is InChI=1S/C19H14F3N3O3/c1-24-16(26)14(17(27)25(2)18(24)28)9-11-3-5-12(6-4-11)15-8-7-13(10-23-15)19(20,21)22/h3-10H,1-2H3. The van der Waals surface area contributed by atoms with Gasteiger partial charge in [-0.25, -0.2) is 4.79 Å². The van der Waals surface area contributed by atoms with Gasteiger partial charge < -0.3 is 0 Å². The van der Waals surface area contributed by atoms with E-state index in [0.717, 1.165) is 22.1 Å². The van der Waals surface area contributed by atoms with Crippen LogP contribution in [0.5, 0.6) is 0 Å². The van der Waals surface area contributed by atoms with Gasteiger partial charge in [0.1, 0.15) is 5.57 Å². The number of rotatable bonds is 2. The van der Waals surface area contributed by atoms with Crippen LogP contribution in [0.15, 0.2) is 48.2 Å². The second kappa shape index (κ2) is 6.91. The van der Waals surface area contributed by atoms with Crippen molar-refractivity contribution in [1.82, 2.24) is 14.8 Å². The Morgan fingerprint density at radius 1 is 0.893 bits per heavy atom. The first-order chi connectivity index (χ1) is 13.1. The molecule has 1 fully saturated rings. The summed E-state index contributed by atoms with van der Waals surface area (Å²) in [6.45, 7) is 0. The molecule has 0 aliphatic carbocycles. The SMILES string of the molecule is CN1C(=O)C(=Cc2ccc(-c3ccc(C(F)(F)F)cn3)cc2)C(=O)N(C)C1=O. The van der Waals surface area contributed by atoms with Crippen molar-refractivity contribution >= 4 is 23.9 Å². The fraction of sp³-hybridized carbons (Fsp3) is 0.158. The molecule has 0 spiro atoms. The molecule has 1 aliphatic heterocycles. The van der Waals surface area contributed by atoms with E-state index in [1.807, 2.05) is 0 Å². The average Bonchev–Trinajstić information content (AvgIpc) is 2.68. The molecule has 2 aromatic rings. The molecule has 1 aliphatic rings. The number of halogens is 3. The maximum atomic E-state index is 12.6. The summed E-state index contributed by atoms with van der Waals surface area (Å²) in [5, 5.41) is 0. The summed E-state index contributed by atoms with van der Waals surface area (Å²) >= 11 is 0. The number of nitrogens with zero attached hydrogens (tertiary/aromatic N) is 3. The highest BCUT2D eigenvalue weighted by Crippen LogP contribution is 2.30. The van der Waals surface area contributed by atoms with Gasteiger partial charge in [-0.3, -0.25) is 24.4 Å². The van der Waals surface area contributed by atoms with Gasteiger partial charge in [-0.15, -0.1) is 0 Å². The first kappa shape index (κ1) is 19.3. The summed E-state index contributed by atoms with van der Waals surface area (Å²) in [6.07, 6.45) is -2.34. The maximum Gasteiger partial charge on any atom is 0.417 e. The first-order valence-corrected chi connectivity index (χ1v) is 8.05. The van der Waals surface area contributed by atoms with Crippen LogP contribution in [-0.4, -0.2) is 46.7 Å². The minimum atomic E-state index is -4.46. The molecule has 0 N–H and O–H groups in total. The van der Waals surface area contributed by atoms with Crippen molar-refractivity contribution in [3.05, 3.63) is 59.3 Å². The lowest BCUT2D eigenvalue weighted by molar-refractivity contribution is -0.138. The summed E-state index contributed by atoms with van der Waals surface area (Å²) in [5.41, 5.74) is 0.437. The molecule has 6 nitrogen and oxygen atoms in total. The number of carbonyl (C=O) groups is 3. The smallest absolute Gasteiger partial charge is 0.268 e. The summed E-state index contributed by atoms with van der Waals surface area (Å²) < 4.78 is 37.8. The van der Waals surface area contributed by atoms with Crippen molar-refractivity contribution in [2.75, 3.05) is 14.1 Å². The molecule has 0 radical (unpaired) electrons. The van der Waals surface area contributed by atoms with E-state index in [2.05, 4.69) is 4.98 Å². The number of imide groups is 2. The molecule has 0 bridgehead atoms. The van der Waals surface area contributed by atoms with E-state index in [0.29, 0.717) is 16.8 Å². The van der Waals surface area contributed by atoms with E-state index >= 15 is 0 Å². The number of hydrogen-bond acceptors (Lipinski definition) is 4. The molecular weight excluding hydrogens is 375 g/mol. The summed E-state index contributed by atoms with van der Waals surface area (Å²) in [6, 6.07) is 7.91. The van der Waals surface area contributed by atoms with Crippen LogP contribution >= 0.6 is 0 Å². The van der Waals surface area contributed by atoms with Gasteiger partial charge in [-0.05, 0) is 23.8 Å². The molecule has 1 aromatic heterocycles. The van der Waals surface area contributed by atoms with Gasteiger partial charge in [0.15, 0.2) is 0 Å². The van der Waals surface area contributed by atoms with Crippen LogP contribution in [0.4, 0.5) is 18.0 Å². The van der Waals surface area contributed by atoms with Crippen LogP contribution in [0, 0.1) is 0 Å². The Labute approximate surface area is 157 Å². The predicted molar refractivity (Wildman–Crippen MR) is 93.6 cm³/mol. The predicted octanol–water partition coefficient (Wildman–Crippen LogP) is 3.20. The number of likely N-dealkylation sites (N-methyl/N-ethyl adjacent to an activating group) is 2. The summed E-state index contributed by atoms with van der Waals surface area (Å²) in [4.78, 5) is 41.6. The van der Waals surface area contributed by atoms with Crippen LogP contribution in [0.2, 0.25) is 0 Å². The fourth-order valence-corrected chi connectivity index (χ4v) is 2.62. The molecule has 0 saturated carbocycles. The fourth-order valence-electron chi connectivity index (χ4n) is 2.62. The van der Waals surface area contributed by atoms with Crippen molar-refractivity contribution < 1.29 is 27.6 Å². The molecule has 1 saturated heterocycles. The number of hydrogen-bond donors (Lipinski definition) is 0. The zero-order chi connectivity index (χ0) is 20.6. The van der Waals surface area contributed by atoms with Crippen molar-refractivity contribution in [3.63, 3.8) is 0 Å². The van der Waals surface area contributed by atoms with Gasteiger partial charge in [0.25, 0.3) is 11.8 Å². The topological polar surface area (TPSA) is 70.6 Å². The van der Waals surface area contributed by atoms with Crippen molar-refractivity contribution in [2.24, 2.45) is 0 Å². The highest BCUT2D eigenvalue weighted by atomic mass is 19.4. The zero-order valence-electron chi connectivity index (χ0n) is 14.8. The van der Waals surface area contributed by atoms with E-state index in [4.69, 9.17) is 0 Å². The quantitative estimate of drug-likeness (QED) is 0.584. The number of carbonyl (C=O) groups excluding carboxylic acids is 3. The number of alkyl halides is 3. The summed E-state index contributed by atoms with van der Waals surface area (Å²) in [7, 11) is 2.56. The second-order valence-corrected chi connectivity index (χ2v) is 6.12. The number of barbiturate groups is 1. The number of benzene rings is 1. The molecule has 0 unspecified atom stereocenters. The van der Waals surface area contributed by atoms with E-state index in [-0.39, 0.29) is 5.57 Å². The monoisotopic (exact) mass is 389 g/mol. The average molecular weight is 389 g/mol. The third kappa shape index (κ3) is 3.51. The molecule has 144 valence electrons. The van der Waals surface area contributed by atoms with E-state index in [1.165, 1.54) is 26.2 Å². The van der Waals surface area contributed by atoms with Gasteiger partial charge in [-0.2, -0.15) is 13.2 Å². The lowest BCUT2D eigenvalue weighted by Gasteiger charge is -2.28. The molecule has 28 heavy (non-hydrogen) atoms. The Kier molecular flexibility index (Phi) is 4.76. The third-order valence-electron chi connectivity index (χ3n) is 4.25. The molecule has 1 aromatic carbocycles. The minimum absolute atomic E-state index is 0.162. The van der Waals surface area contributed by atoms with E-state index < -0.39 is 29.6 Å². The highest BCUT2D eigenvalue weighted by molar-refractivity contribution is 6.30.